The number of carboxylic acids is 1. The molecule has 0 saturated carbocycles. The molecule has 0 fully saturated rings. The van der Waals surface area contributed by atoms with Crippen molar-refractivity contribution in [3.8, 4) is 5.88 Å². The van der Waals surface area contributed by atoms with Gasteiger partial charge in [-0.15, -0.1) is 0 Å². The lowest BCUT2D eigenvalue weighted by molar-refractivity contribution is 0.0698. The fourth-order valence-electron chi connectivity index (χ4n) is 2.43. The van der Waals surface area contributed by atoms with Crippen molar-refractivity contribution in [2.75, 3.05) is 0 Å². The smallest absolute Gasteiger partial charge is 0.341 e. The fourth-order valence-corrected chi connectivity index (χ4v) is 2.69. The van der Waals surface area contributed by atoms with Gasteiger partial charge in [0, 0.05) is 10.9 Å². The monoisotopic (exact) mass is 377 g/mol. The first-order valence-corrected chi connectivity index (χ1v) is 7.49. The quantitative estimate of drug-likeness (QED) is 0.647. The van der Waals surface area contributed by atoms with Gasteiger partial charge in [-0.2, -0.15) is 9.61 Å². The zero-order valence-corrected chi connectivity index (χ0v) is 13.6. The van der Waals surface area contributed by atoms with Gasteiger partial charge in [-0.25, -0.2) is 4.79 Å². The van der Waals surface area contributed by atoms with Crippen LogP contribution in [0, 0.1) is 6.92 Å². The summed E-state index contributed by atoms with van der Waals surface area (Å²) in [5, 5.41) is 23.5. The highest BCUT2D eigenvalue weighted by atomic mass is 79.9. The predicted molar refractivity (Wildman–Crippen MR) is 86.1 cm³/mol. The van der Waals surface area contributed by atoms with Crippen molar-refractivity contribution >= 4 is 27.5 Å². The molecular formula is C15H12BrN3O4. The summed E-state index contributed by atoms with van der Waals surface area (Å²) in [5.41, 5.74) is 0.462. The maximum Gasteiger partial charge on any atom is 0.341 e. The molecule has 2 aromatic heterocycles. The Hall–Kier alpha value is -2.61. The minimum atomic E-state index is -1.21. The van der Waals surface area contributed by atoms with E-state index in [2.05, 4.69) is 26.0 Å². The molecule has 0 aliphatic carbocycles. The van der Waals surface area contributed by atoms with Crippen molar-refractivity contribution in [1.82, 2.24) is 14.6 Å². The van der Waals surface area contributed by atoms with Gasteiger partial charge in [-0.3, -0.25) is 4.79 Å². The molecule has 3 N–H and O–H groups in total. The van der Waals surface area contributed by atoms with Crippen molar-refractivity contribution in [3.05, 3.63) is 61.5 Å². The van der Waals surface area contributed by atoms with Crippen LogP contribution in [0.25, 0.3) is 5.65 Å². The Balaban J connectivity index is 2.17. The van der Waals surface area contributed by atoms with Crippen molar-refractivity contribution in [3.63, 3.8) is 0 Å². The summed E-state index contributed by atoms with van der Waals surface area (Å²) < 4.78 is 1.96. The first-order chi connectivity index (χ1) is 10.9. The van der Waals surface area contributed by atoms with Crippen LogP contribution in [-0.4, -0.2) is 30.8 Å². The highest BCUT2D eigenvalue weighted by Gasteiger charge is 2.22. The van der Waals surface area contributed by atoms with Crippen LogP contribution in [0.3, 0.4) is 0 Å². The van der Waals surface area contributed by atoms with Gasteiger partial charge in [0.05, 0.1) is 11.3 Å². The Bertz CT molecular complexity index is 973. The van der Waals surface area contributed by atoms with Crippen molar-refractivity contribution < 1.29 is 15.0 Å². The van der Waals surface area contributed by atoms with Crippen LogP contribution in [0.5, 0.6) is 5.88 Å². The lowest BCUT2D eigenvalue weighted by Crippen LogP contribution is -2.17. The number of aromatic carboxylic acids is 1. The highest BCUT2D eigenvalue weighted by Crippen LogP contribution is 2.22. The summed E-state index contributed by atoms with van der Waals surface area (Å²) in [6.45, 7) is 1.50. The van der Waals surface area contributed by atoms with Gasteiger partial charge in [0.2, 0.25) is 5.88 Å². The van der Waals surface area contributed by atoms with Crippen molar-refractivity contribution in [2.45, 2.75) is 13.3 Å². The summed E-state index contributed by atoms with van der Waals surface area (Å²) in [5.74, 6) is -1.57. The summed E-state index contributed by atoms with van der Waals surface area (Å²) in [6.07, 6.45) is 0.200. The molecule has 2 heterocycles. The van der Waals surface area contributed by atoms with Gasteiger partial charge in [-0.05, 0) is 24.6 Å². The summed E-state index contributed by atoms with van der Waals surface area (Å²) in [4.78, 5) is 26.0. The molecule has 118 valence electrons. The molecule has 0 spiro atoms. The lowest BCUT2D eigenvalue weighted by Gasteiger charge is -2.06. The van der Waals surface area contributed by atoms with E-state index in [1.807, 2.05) is 24.3 Å². The molecule has 0 aliphatic rings. The number of hydrogen-bond acceptors (Lipinski definition) is 4. The minimum absolute atomic E-state index is 0.0305. The van der Waals surface area contributed by atoms with Crippen LogP contribution in [0.2, 0.25) is 0 Å². The van der Waals surface area contributed by atoms with Crippen molar-refractivity contribution in [2.24, 2.45) is 0 Å². The first-order valence-electron chi connectivity index (χ1n) is 6.69. The van der Waals surface area contributed by atoms with E-state index in [9.17, 15) is 19.8 Å². The standard InChI is InChI=1S/C15H12BrN3O4/c1-7-11(15(22)23)12-17-13(20)10(14(21)19(12)18-7)6-8-2-4-9(16)5-3-8/h2-5,21H,6H2,1H3,(H,17,20)(H,22,23). The second-order valence-electron chi connectivity index (χ2n) is 5.09. The van der Waals surface area contributed by atoms with E-state index in [4.69, 9.17) is 0 Å². The van der Waals surface area contributed by atoms with Crippen LogP contribution in [0.15, 0.2) is 33.5 Å². The molecule has 0 amide bonds. The number of carboxylic acid groups (broad SMARTS) is 1. The second kappa shape index (κ2) is 5.54. The van der Waals surface area contributed by atoms with Crippen LogP contribution in [0.4, 0.5) is 0 Å². The summed E-state index contributed by atoms with van der Waals surface area (Å²) >= 11 is 3.33. The number of aromatic hydroxyl groups is 1. The molecule has 1 aromatic carbocycles. The van der Waals surface area contributed by atoms with Gasteiger partial charge in [0.1, 0.15) is 5.56 Å². The minimum Gasteiger partial charge on any atom is -0.493 e. The second-order valence-corrected chi connectivity index (χ2v) is 6.00. The van der Waals surface area contributed by atoms with Gasteiger partial charge in [-0.1, -0.05) is 28.1 Å². The highest BCUT2D eigenvalue weighted by molar-refractivity contribution is 9.10. The molecule has 0 radical (unpaired) electrons. The van der Waals surface area contributed by atoms with E-state index >= 15 is 0 Å². The molecule has 8 heteroatoms. The number of halogens is 1. The number of nitrogens with one attached hydrogen (secondary N) is 1. The zero-order valence-electron chi connectivity index (χ0n) is 12.0. The lowest BCUT2D eigenvalue weighted by atomic mass is 10.1. The average Bonchev–Trinajstić information content (AvgIpc) is 2.82. The number of aryl methyl sites for hydroxylation is 1. The Morgan fingerprint density at radius 1 is 1.35 bits per heavy atom. The third kappa shape index (κ3) is 2.61. The Morgan fingerprint density at radius 2 is 2.00 bits per heavy atom. The van der Waals surface area contributed by atoms with Gasteiger partial charge < -0.3 is 15.2 Å². The SMILES string of the molecule is Cc1nn2c(O)c(Cc3ccc(Br)cc3)c(=O)[nH]c2c1C(=O)O. The van der Waals surface area contributed by atoms with Gasteiger partial charge >= 0.3 is 5.97 Å². The molecule has 0 atom stereocenters. The molecule has 0 aliphatic heterocycles. The Kier molecular flexibility index (Phi) is 3.69. The molecule has 3 rings (SSSR count). The number of nitrogens with zero attached hydrogens (tertiary/aromatic N) is 2. The zero-order chi connectivity index (χ0) is 16.7. The van der Waals surface area contributed by atoms with E-state index < -0.39 is 11.5 Å². The van der Waals surface area contributed by atoms with E-state index in [1.54, 1.807) is 0 Å². The number of H-pyrrole nitrogens is 1. The van der Waals surface area contributed by atoms with E-state index in [-0.39, 0.29) is 34.8 Å². The molecule has 0 unspecified atom stereocenters. The fraction of sp³-hybridized carbons (Fsp3) is 0.133. The predicted octanol–water partition coefficient (Wildman–Crippen LogP) is 2.09. The number of aromatic nitrogens is 3. The number of fused-ring (bicyclic) bond motifs is 1. The third-order valence-corrected chi connectivity index (χ3v) is 4.07. The van der Waals surface area contributed by atoms with Gasteiger partial charge in [0.15, 0.2) is 5.65 Å². The normalized spacial score (nSPS) is 11.0. The van der Waals surface area contributed by atoms with E-state index in [0.29, 0.717) is 0 Å². The summed E-state index contributed by atoms with van der Waals surface area (Å²) in [7, 11) is 0. The topological polar surface area (TPSA) is 108 Å². The molecule has 3 aromatic rings. The number of hydrogen-bond donors (Lipinski definition) is 3. The van der Waals surface area contributed by atoms with Crippen LogP contribution in [0.1, 0.15) is 27.2 Å². The van der Waals surface area contributed by atoms with Crippen LogP contribution < -0.4 is 5.56 Å². The molecule has 7 nitrogen and oxygen atoms in total. The van der Waals surface area contributed by atoms with E-state index in [0.717, 1.165) is 14.6 Å². The number of rotatable bonds is 3. The molecule has 23 heavy (non-hydrogen) atoms. The Morgan fingerprint density at radius 3 is 2.61 bits per heavy atom. The molecule has 0 bridgehead atoms. The summed E-state index contributed by atoms with van der Waals surface area (Å²) in [6, 6.07) is 7.31. The van der Waals surface area contributed by atoms with Crippen molar-refractivity contribution in [1.29, 1.82) is 0 Å². The maximum absolute atomic E-state index is 12.3. The van der Waals surface area contributed by atoms with Crippen LogP contribution >= 0.6 is 15.9 Å². The molecule has 0 saturated heterocycles. The van der Waals surface area contributed by atoms with Crippen LogP contribution in [-0.2, 0) is 6.42 Å². The third-order valence-electron chi connectivity index (χ3n) is 3.54. The Labute approximate surface area is 138 Å². The number of benzene rings is 1. The number of carbonyl (C=O) groups is 1. The molecular weight excluding hydrogens is 366 g/mol. The van der Waals surface area contributed by atoms with E-state index in [1.165, 1.54) is 6.92 Å². The maximum atomic E-state index is 12.3. The van der Waals surface area contributed by atoms with Gasteiger partial charge in [0.25, 0.3) is 5.56 Å². The average molecular weight is 378 g/mol. The first kappa shape index (κ1) is 15.3. The number of aromatic amines is 1. The largest absolute Gasteiger partial charge is 0.493 e.